The average molecular weight is 211 g/mol. The molecular formula is C10H13NO2S. The molecule has 0 aromatic carbocycles. The van der Waals surface area contributed by atoms with Gasteiger partial charge in [-0.25, -0.2) is 0 Å². The van der Waals surface area contributed by atoms with Crippen LogP contribution in [0, 0.1) is 6.92 Å². The molecule has 1 aliphatic heterocycles. The number of carbonyl (C=O) groups is 1. The van der Waals surface area contributed by atoms with E-state index in [-0.39, 0.29) is 6.10 Å². The summed E-state index contributed by atoms with van der Waals surface area (Å²) >= 11 is 1.70. The van der Waals surface area contributed by atoms with Gasteiger partial charge in [-0.3, -0.25) is 4.79 Å². The molecule has 1 atom stereocenters. The largest absolute Gasteiger partial charge is 0.369 e. The summed E-state index contributed by atoms with van der Waals surface area (Å²) in [6.45, 7) is 4.12. The van der Waals surface area contributed by atoms with Crippen molar-refractivity contribution in [1.29, 1.82) is 0 Å². The van der Waals surface area contributed by atoms with Gasteiger partial charge in [-0.2, -0.15) is 0 Å². The van der Waals surface area contributed by atoms with Gasteiger partial charge in [0.2, 0.25) is 6.41 Å². The van der Waals surface area contributed by atoms with Crippen molar-refractivity contribution in [2.45, 2.75) is 13.0 Å². The van der Waals surface area contributed by atoms with Gasteiger partial charge in [-0.1, -0.05) is 0 Å². The number of ether oxygens (including phenoxy) is 1. The lowest BCUT2D eigenvalue weighted by Gasteiger charge is -2.30. The van der Waals surface area contributed by atoms with Crippen molar-refractivity contribution in [3.8, 4) is 0 Å². The SMILES string of the molecule is Cc1ccsc1C1CN(C=O)CCO1. The molecule has 1 amide bonds. The third-order valence-electron chi connectivity index (χ3n) is 2.44. The van der Waals surface area contributed by atoms with Crippen LogP contribution in [-0.2, 0) is 9.53 Å². The smallest absolute Gasteiger partial charge is 0.209 e. The summed E-state index contributed by atoms with van der Waals surface area (Å²) in [4.78, 5) is 13.7. The Balaban J connectivity index is 2.11. The Labute approximate surface area is 87.3 Å². The molecule has 2 rings (SSSR count). The van der Waals surface area contributed by atoms with Crippen molar-refractivity contribution < 1.29 is 9.53 Å². The first-order chi connectivity index (χ1) is 6.81. The van der Waals surface area contributed by atoms with E-state index in [0.29, 0.717) is 19.7 Å². The van der Waals surface area contributed by atoms with Crippen molar-refractivity contribution in [2.75, 3.05) is 19.7 Å². The Morgan fingerprint density at radius 2 is 2.57 bits per heavy atom. The Kier molecular flexibility index (Phi) is 2.84. The summed E-state index contributed by atoms with van der Waals surface area (Å²) in [5, 5.41) is 2.06. The standard InChI is InChI=1S/C10H13NO2S/c1-8-2-5-14-10(8)9-6-11(7-12)3-4-13-9/h2,5,7,9H,3-4,6H2,1H3. The summed E-state index contributed by atoms with van der Waals surface area (Å²) < 4.78 is 5.65. The van der Waals surface area contributed by atoms with Crippen molar-refractivity contribution >= 4 is 17.7 Å². The van der Waals surface area contributed by atoms with Gasteiger partial charge < -0.3 is 9.64 Å². The van der Waals surface area contributed by atoms with E-state index in [2.05, 4.69) is 18.4 Å². The molecule has 76 valence electrons. The van der Waals surface area contributed by atoms with Crippen molar-refractivity contribution in [1.82, 2.24) is 4.90 Å². The summed E-state index contributed by atoms with van der Waals surface area (Å²) in [7, 11) is 0. The minimum absolute atomic E-state index is 0.0777. The third-order valence-corrected chi connectivity index (χ3v) is 3.55. The summed E-state index contributed by atoms with van der Waals surface area (Å²) in [5.41, 5.74) is 1.26. The van der Waals surface area contributed by atoms with E-state index in [0.717, 1.165) is 6.41 Å². The maximum Gasteiger partial charge on any atom is 0.209 e. The fourth-order valence-electron chi connectivity index (χ4n) is 1.64. The quantitative estimate of drug-likeness (QED) is 0.695. The maximum absolute atomic E-state index is 10.6. The van der Waals surface area contributed by atoms with Crippen LogP contribution in [0.3, 0.4) is 0 Å². The molecule has 0 aliphatic carbocycles. The predicted octanol–water partition coefficient (Wildman–Crippen LogP) is 1.59. The Bertz CT molecular complexity index is 324. The summed E-state index contributed by atoms with van der Waals surface area (Å²) in [6, 6.07) is 2.09. The van der Waals surface area contributed by atoms with Crippen LogP contribution in [0.5, 0.6) is 0 Å². The number of carbonyl (C=O) groups excluding carboxylic acids is 1. The fourth-order valence-corrected chi connectivity index (χ4v) is 2.60. The molecule has 0 saturated carbocycles. The first-order valence-corrected chi connectivity index (χ1v) is 5.54. The van der Waals surface area contributed by atoms with Gasteiger partial charge >= 0.3 is 0 Å². The predicted molar refractivity (Wildman–Crippen MR) is 55.4 cm³/mol. The number of nitrogens with zero attached hydrogens (tertiary/aromatic N) is 1. The van der Waals surface area contributed by atoms with Gasteiger partial charge in [0.15, 0.2) is 0 Å². The zero-order valence-corrected chi connectivity index (χ0v) is 8.92. The third kappa shape index (κ3) is 1.81. The highest BCUT2D eigenvalue weighted by Gasteiger charge is 2.22. The van der Waals surface area contributed by atoms with Gasteiger partial charge in [0.05, 0.1) is 13.2 Å². The molecule has 3 nitrogen and oxygen atoms in total. The number of rotatable bonds is 2. The minimum Gasteiger partial charge on any atom is -0.369 e. The van der Waals surface area contributed by atoms with E-state index in [1.807, 2.05) is 0 Å². The van der Waals surface area contributed by atoms with Crippen LogP contribution in [0.4, 0.5) is 0 Å². The van der Waals surface area contributed by atoms with Crippen molar-refractivity contribution in [2.24, 2.45) is 0 Å². The van der Waals surface area contributed by atoms with Crippen molar-refractivity contribution in [3.63, 3.8) is 0 Å². The topological polar surface area (TPSA) is 29.5 Å². The van der Waals surface area contributed by atoms with E-state index < -0.39 is 0 Å². The molecule has 0 radical (unpaired) electrons. The number of thiophene rings is 1. The fraction of sp³-hybridized carbons (Fsp3) is 0.500. The summed E-state index contributed by atoms with van der Waals surface area (Å²) in [5.74, 6) is 0. The van der Waals surface area contributed by atoms with Gasteiger partial charge in [0.25, 0.3) is 0 Å². The van der Waals surface area contributed by atoms with Crippen LogP contribution in [0.15, 0.2) is 11.4 Å². The number of morpholine rings is 1. The van der Waals surface area contributed by atoms with Crippen LogP contribution in [0.2, 0.25) is 0 Å². The zero-order chi connectivity index (χ0) is 9.97. The molecule has 1 aliphatic rings. The van der Waals surface area contributed by atoms with E-state index >= 15 is 0 Å². The molecule has 2 heterocycles. The van der Waals surface area contributed by atoms with Gasteiger partial charge in [-0.15, -0.1) is 11.3 Å². The molecule has 1 unspecified atom stereocenters. The molecule has 0 spiro atoms. The van der Waals surface area contributed by atoms with Crippen LogP contribution < -0.4 is 0 Å². The monoisotopic (exact) mass is 211 g/mol. The van der Waals surface area contributed by atoms with E-state index in [4.69, 9.17) is 4.74 Å². The van der Waals surface area contributed by atoms with Gasteiger partial charge in [0.1, 0.15) is 6.10 Å². The molecular weight excluding hydrogens is 198 g/mol. The van der Waals surface area contributed by atoms with Crippen LogP contribution in [0.1, 0.15) is 16.5 Å². The average Bonchev–Trinajstić information content (AvgIpc) is 2.65. The molecule has 1 aromatic rings. The van der Waals surface area contributed by atoms with E-state index in [1.165, 1.54) is 10.4 Å². The number of aryl methyl sites for hydroxylation is 1. The zero-order valence-electron chi connectivity index (χ0n) is 8.10. The highest BCUT2D eigenvalue weighted by molar-refractivity contribution is 7.10. The second kappa shape index (κ2) is 4.11. The lowest BCUT2D eigenvalue weighted by Crippen LogP contribution is -2.37. The highest BCUT2D eigenvalue weighted by Crippen LogP contribution is 2.28. The maximum atomic E-state index is 10.6. The molecule has 0 bridgehead atoms. The lowest BCUT2D eigenvalue weighted by atomic mass is 10.2. The molecule has 0 N–H and O–H groups in total. The van der Waals surface area contributed by atoms with E-state index in [9.17, 15) is 4.79 Å². The second-order valence-corrected chi connectivity index (χ2v) is 4.38. The summed E-state index contributed by atoms with van der Waals surface area (Å²) in [6.07, 6.45) is 0.979. The number of amides is 1. The highest BCUT2D eigenvalue weighted by atomic mass is 32.1. The molecule has 1 saturated heterocycles. The second-order valence-electron chi connectivity index (χ2n) is 3.43. The molecule has 4 heteroatoms. The molecule has 1 fully saturated rings. The molecule has 1 aromatic heterocycles. The Morgan fingerprint density at radius 3 is 3.21 bits per heavy atom. The van der Waals surface area contributed by atoms with Crippen LogP contribution in [-0.4, -0.2) is 31.0 Å². The first-order valence-electron chi connectivity index (χ1n) is 4.66. The molecule has 14 heavy (non-hydrogen) atoms. The number of hydrogen-bond acceptors (Lipinski definition) is 3. The Morgan fingerprint density at radius 1 is 1.71 bits per heavy atom. The normalized spacial score (nSPS) is 22.4. The Hall–Kier alpha value is -0.870. The van der Waals surface area contributed by atoms with Crippen LogP contribution >= 0.6 is 11.3 Å². The number of hydrogen-bond donors (Lipinski definition) is 0. The van der Waals surface area contributed by atoms with Gasteiger partial charge in [0, 0.05) is 11.4 Å². The lowest BCUT2D eigenvalue weighted by molar-refractivity contribution is -0.125. The minimum atomic E-state index is 0.0777. The van der Waals surface area contributed by atoms with Crippen LogP contribution in [0.25, 0.3) is 0 Å². The first kappa shape index (κ1) is 9.68. The van der Waals surface area contributed by atoms with Crippen molar-refractivity contribution in [3.05, 3.63) is 21.9 Å². The van der Waals surface area contributed by atoms with Gasteiger partial charge in [-0.05, 0) is 23.9 Å². The van der Waals surface area contributed by atoms with E-state index in [1.54, 1.807) is 16.2 Å².